The Labute approximate surface area is 90.3 Å². The van der Waals surface area contributed by atoms with E-state index in [0.29, 0.717) is 0 Å². The summed E-state index contributed by atoms with van der Waals surface area (Å²) in [5.74, 6) is 0.831. The van der Waals surface area contributed by atoms with Gasteiger partial charge in [0.2, 0.25) is 0 Å². The van der Waals surface area contributed by atoms with Crippen molar-refractivity contribution in [3.63, 3.8) is 0 Å². The fourth-order valence-electron chi connectivity index (χ4n) is 1.71. The Morgan fingerprint density at radius 3 is 2.87 bits per heavy atom. The summed E-state index contributed by atoms with van der Waals surface area (Å²) in [5, 5.41) is 0. The zero-order valence-corrected chi connectivity index (χ0v) is 9.42. The Balaban J connectivity index is 2.29. The molecule has 0 aliphatic carbocycles. The average molecular weight is 203 g/mol. The van der Waals surface area contributed by atoms with Gasteiger partial charge in [0.05, 0.1) is 0 Å². The summed E-state index contributed by atoms with van der Waals surface area (Å²) >= 11 is 0. The van der Waals surface area contributed by atoms with Crippen LogP contribution >= 0.6 is 0 Å². The molecule has 0 spiro atoms. The van der Waals surface area contributed by atoms with Crippen molar-refractivity contribution in [1.82, 2.24) is 4.98 Å². The maximum Gasteiger partial charge on any atom is 0.195 e. The van der Waals surface area contributed by atoms with E-state index >= 15 is 0 Å². The van der Waals surface area contributed by atoms with Gasteiger partial charge in [0.15, 0.2) is 11.5 Å². The molecule has 0 N–H and O–H groups in total. The summed E-state index contributed by atoms with van der Waals surface area (Å²) in [4.78, 5) is 4.43. The van der Waals surface area contributed by atoms with Crippen LogP contribution in [0.2, 0.25) is 0 Å². The van der Waals surface area contributed by atoms with E-state index in [1.165, 1.54) is 18.4 Å². The summed E-state index contributed by atoms with van der Waals surface area (Å²) in [6.45, 7) is 4.27. The first-order valence-corrected chi connectivity index (χ1v) is 5.71. The smallest absolute Gasteiger partial charge is 0.195 e. The first kappa shape index (κ1) is 10.2. The molecule has 0 aliphatic heterocycles. The van der Waals surface area contributed by atoms with Crippen LogP contribution in [0.1, 0.15) is 38.1 Å². The molecule has 0 saturated carbocycles. The molecule has 1 aromatic heterocycles. The van der Waals surface area contributed by atoms with Gasteiger partial charge in [-0.2, -0.15) is 0 Å². The second-order valence-electron chi connectivity index (χ2n) is 3.87. The maximum atomic E-state index is 5.57. The minimum absolute atomic E-state index is 0.831. The molecule has 0 saturated heterocycles. The van der Waals surface area contributed by atoms with Crippen LogP contribution in [0, 0.1) is 0 Å². The Morgan fingerprint density at radius 2 is 2.13 bits per heavy atom. The summed E-state index contributed by atoms with van der Waals surface area (Å²) in [6.07, 6.45) is 4.47. The van der Waals surface area contributed by atoms with Crippen LogP contribution in [-0.2, 0) is 12.8 Å². The molecule has 0 unspecified atom stereocenters. The Kier molecular flexibility index (Phi) is 3.05. The van der Waals surface area contributed by atoms with Crippen molar-refractivity contribution < 1.29 is 4.42 Å². The lowest BCUT2D eigenvalue weighted by atomic mass is 10.1. The molecular formula is C13H17NO. The molecule has 2 nitrogen and oxygen atoms in total. The standard InChI is InChI=1S/C13H17NO/c1-3-5-6-10-7-8-12-11(9-10)14-13(4-2)15-12/h7-9H,3-6H2,1-2H3. The highest BCUT2D eigenvalue weighted by Crippen LogP contribution is 2.18. The number of oxazole rings is 1. The normalized spacial score (nSPS) is 11.1. The summed E-state index contributed by atoms with van der Waals surface area (Å²) in [7, 11) is 0. The van der Waals surface area contributed by atoms with E-state index in [4.69, 9.17) is 4.42 Å². The molecule has 2 aromatic rings. The predicted octanol–water partition coefficient (Wildman–Crippen LogP) is 3.73. The molecule has 0 bridgehead atoms. The second kappa shape index (κ2) is 4.47. The molecule has 80 valence electrons. The van der Waals surface area contributed by atoms with Gasteiger partial charge in [0, 0.05) is 6.42 Å². The molecule has 1 aromatic carbocycles. The number of unbranched alkanes of at least 4 members (excludes halogenated alkanes) is 1. The molecule has 0 amide bonds. The number of rotatable bonds is 4. The largest absolute Gasteiger partial charge is 0.441 e. The molecule has 1 heterocycles. The maximum absolute atomic E-state index is 5.57. The van der Waals surface area contributed by atoms with Crippen molar-refractivity contribution in [3.8, 4) is 0 Å². The van der Waals surface area contributed by atoms with Crippen molar-refractivity contribution >= 4 is 11.1 Å². The minimum atomic E-state index is 0.831. The van der Waals surface area contributed by atoms with E-state index in [9.17, 15) is 0 Å². The second-order valence-corrected chi connectivity index (χ2v) is 3.87. The average Bonchev–Trinajstić information content (AvgIpc) is 2.68. The van der Waals surface area contributed by atoms with Gasteiger partial charge < -0.3 is 4.42 Å². The molecule has 15 heavy (non-hydrogen) atoms. The number of aryl methyl sites for hydroxylation is 2. The van der Waals surface area contributed by atoms with Crippen molar-refractivity contribution in [2.75, 3.05) is 0 Å². The first-order chi connectivity index (χ1) is 7.33. The third-order valence-electron chi connectivity index (χ3n) is 2.62. The van der Waals surface area contributed by atoms with E-state index in [1.807, 2.05) is 6.07 Å². The predicted molar refractivity (Wildman–Crippen MR) is 62.0 cm³/mol. The summed E-state index contributed by atoms with van der Waals surface area (Å²) in [6, 6.07) is 6.32. The van der Waals surface area contributed by atoms with Crippen LogP contribution in [0.4, 0.5) is 0 Å². The number of benzene rings is 1. The van der Waals surface area contributed by atoms with Crippen LogP contribution < -0.4 is 0 Å². The third kappa shape index (κ3) is 2.20. The SMILES string of the molecule is CCCCc1ccc2oc(CC)nc2c1. The molecule has 2 heteroatoms. The van der Waals surface area contributed by atoms with Crippen LogP contribution in [0.25, 0.3) is 11.1 Å². The molecular weight excluding hydrogens is 186 g/mol. The summed E-state index contributed by atoms with van der Waals surface area (Å²) < 4.78 is 5.57. The Hall–Kier alpha value is -1.31. The minimum Gasteiger partial charge on any atom is -0.441 e. The van der Waals surface area contributed by atoms with Crippen LogP contribution in [0.5, 0.6) is 0 Å². The molecule has 2 rings (SSSR count). The summed E-state index contributed by atoms with van der Waals surface area (Å²) in [5.41, 5.74) is 3.27. The number of fused-ring (bicyclic) bond motifs is 1. The van der Waals surface area contributed by atoms with E-state index in [-0.39, 0.29) is 0 Å². The van der Waals surface area contributed by atoms with Gasteiger partial charge >= 0.3 is 0 Å². The third-order valence-corrected chi connectivity index (χ3v) is 2.62. The first-order valence-electron chi connectivity index (χ1n) is 5.71. The fourth-order valence-corrected chi connectivity index (χ4v) is 1.71. The lowest BCUT2D eigenvalue weighted by Crippen LogP contribution is -1.84. The fraction of sp³-hybridized carbons (Fsp3) is 0.462. The highest BCUT2D eigenvalue weighted by molar-refractivity contribution is 5.73. The van der Waals surface area contributed by atoms with E-state index < -0.39 is 0 Å². The number of aromatic nitrogens is 1. The highest BCUT2D eigenvalue weighted by Gasteiger charge is 2.04. The van der Waals surface area contributed by atoms with Gasteiger partial charge in [-0.05, 0) is 30.5 Å². The number of nitrogens with zero attached hydrogens (tertiary/aromatic N) is 1. The molecule has 0 atom stereocenters. The van der Waals surface area contributed by atoms with E-state index in [1.54, 1.807) is 0 Å². The van der Waals surface area contributed by atoms with Gasteiger partial charge in [-0.15, -0.1) is 0 Å². The number of hydrogen-bond acceptors (Lipinski definition) is 2. The molecule has 0 fully saturated rings. The monoisotopic (exact) mass is 203 g/mol. The highest BCUT2D eigenvalue weighted by atomic mass is 16.3. The molecule has 0 radical (unpaired) electrons. The van der Waals surface area contributed by atoms with Gasteiger partial charge in [-0.25, -0.2) is 4.98 Å². The Morgan fingerprint density at radius 1 is 1.27 bits per heavy atom. The van der Waals surface area contributed by atoms with Crippen molar-refractivity contribution in [1.29, 1.82) is 0 Å². The van der Waals surface area contributed by atoms with E-state index in [0.717, 1.165) is 29.8 Å². The quantitative estimate of drug-likeness (QED) is 0.756. The topological polar surface area (TPSA) is 26.0 Å². The molecule has 0 aliphatic rings. The number of hydrogen-bond donors (Lipinski definition) is 0. The van der Waals surface area contributed by atoms with Crippen molar-refractivity contribution in [3.05, 3.63) is 29.7 Å². The van der Waals surface area contributed by atoms with Gasteiger partial charge in [0.1, 0.15) is 5.52 Å². The van der Waals surface area contributed by atoms with Crippen LogP contribution in [0.15, 0.2) is 22.6 Å². The zero-order chi connectivity index (χ0) is 10.7. The van der Waals surface area contributed by atoms with Crippen LogP contribution in [-0.4, -0.2) is 4.98 Å². The van der Waals surface area contributed by atoms with Gasteiger partial charge in [-0.3, -0.25) is 0 Å². The lowest BCUT2D eigenvalue weighted by molar-refractivity contribution is 0.538. The van der Waals surface area contributed by atoms with Gasteiger partial charge in [-0.1, -0.05) is 26.3 Å². The lowest BCUT2D eigenvalue weighted by Gasteiger charge is -1.97. The van der Waals surface area contributed by atoms with Crippen molar-refractivity contribution in [2.24, 2.45) is 0 Å². The van der Waals surface area contributed by atoms with E-state index in [2.05, 4.69) is 31.0 Å². The van der Waals surface area contributed by atoms with Gasteiger partial charge in [0.25, 0.3) is 0 Å². The zero-order valence-electron chi connectivity index (χ0n) is 9.42. The van der Waals surface area contributed by atoms with Crippen molar-refractivity contribution in [2.45, 2.75) is 39.5 Å². The Bertz CT molecular complexity index is 445. The van der Waals surface area contributed by atoms with Crippen LogP contribution in [0.3, 0.4) is 0 Å².